The van der Waals surface area contributed by atoms with Gasteiger partial charge in [-0.1, -0.05) is 18.2 Å². The van der Waals surface area contributed by atoms with Gasteiger partial charge < -0.3 is 9.84 Å². The minimum Gasteiger partial charge on any atom is -0.466 e. The third-order valence-corrected chi connectivity index (χ3v) is 5.04. The zero-order valence-corrected chi connectivity index (χ0v) is 16.2. The molecule has 0 bridgehead atoms. The molecule has 0 spiro atoms. The SMILES string of the molecule is CCOC(=O)CC(c1ccc(C)c(CO)c1)c1ccn2c(C)nnc2c1C. The van der Waals surface area contributed by atoms with Crippen molar-refractivity contribution >= 4 is 11.6 Å². The number of benzene rings is 1. The molecule has 6 heteroatoms. The molecule has 0 radical (unpaired) electrons. The second-order valence-corrected chi connectivity index (χ2v) is 6.74. The normalized spacial score (nSPS) is 12.3. The van der Waals surface area contributed by atoms with Gasteiger partial charge in [0.25, 0.3) is 0 Å². The van der Waals surface area contributed by atoms with E-state index >= 15 is 0 Å². The lowest BCUT2D eigenvalue weighted by Crippen LogP contribution is -2.14. The predicted octanol–water partition coefficient (Wildman–Crippen LogP) is 3.23. The van der Waals surface area contributed by atoms with Gasteiger partial charge in [0, 0.05) is 12.1 Å². The third kappa shape index (κ3) is 3.71. The predicted molar refractivity (Wildman–Crippen MR) is 103 cm³/mol. The van der Waals surface area contributed by atoms with E-state index < -0.39 is 0 Å². The number of ether oxygens (including phenoxy) is 1. The number of aromatic nitrogens is 3. The Kier molecular flexibility index (Phi) is 5.56. The van der Waals surface area contributed by atoms with Crippen molar-refractivity contribution in [3.05, 3.63) is 64.1 Å². The maximum absolute atomic E-state index is 12.3. The van der Waals surface area contributed by atoms with Gasteiger partial charge in [0.2, 0.25) is 0 Å². The topological polar surface area (TPSA) is 76.7 Å². The minimum atomic E-state index is -0.245. The molecule has 1 unspecified atom stereocenters. The lowest BCUT2D eigenvalue weighted by Gasteiger charge is -2.21. The summed E-state index contributed by atoms with van der Waals surface area (Å²) in [6, 6.07) is 7.98. The summed E-state index contributed by atoms with van der Waals surface area (Å²) in [4.78, 5) is 12.3. The van der Waals surface area contributed by atoms with Crippen LogP contribution in [0.15, 0.2) is 30.5 Å². The molecule has 142 valence electrons. The first-order chi connectivity index (χ1) is 13.0. The van der Waals surface area contributed by atoms with Crippen molar-refractivity contribution < 1.29 is 14.6 Å². The van der Waals surface area contributed by atoms with E-state index in [2.05, 4.69) is 10.2 Å². The zero-order valence-electron chi connectivity index (χ0n) is 16.2. The summed E-state index contributed by atoms with van der Waals surface area (Å²) >= 11 is 0. The fourth-order valence-electron chi connectivity index (χ4n) is 3.46. The molecule has 1 atom stereocenters. The number of aryl methyl sites for hydroxylation is 3. The van der Waals surface area contributed by atoms with Crippen LogP contribution in [0, 0.1) is 20.8 Å². The first-order valence-corrected chi connectivity index (χ1v) is 9.13. The molecule has 0 fully saturated rings. The molecule has 0 amide bonds. The summed E-state index contributed by atoms with van der Waals surface area (Å²) in [5, 5.41) is 18.1. The Bertz CT molecular complexity index is 978. The number of pyridine rings is 1. The highest BCUT2D eigenvalue weighted by molar-refractivity contribution is 5.72. The van der Waals surface area contributed by atoms with Crippen LogP contribution in [0.1, 0.15) is 52.9 Å². The van der Waals surface area contributed by atoms with Crippen molar-refractivity contribution in [3.63, 3.8) is 0 Å². The van der Waals surface area contributed by atoms with Gasteiger partial charge in [0.05, 0.1) is 19.6 Å². The number of carbonyl (C=O) groups excluding carboxylic acids is 1. The van der Waals surface area contributed by atoms with Crippen LogP contribution in [0.2, 0.25) is 0 Å². The Hall–Kier alpha value is -2.73. The second kappa shape index (κ2) is 7.88. The minimum absolute atomic E-state index is 0.0345. The summed E-state index contributed by atoms with van der Waals surface area (Å²) in [6.07, 6.45) is 2.16. The standard InChI is InChI=1S/C21H25N3O3/c1-5-27-20(26)11-19(16-7-6-13(2)17(10-16)12-25)18-8-9-24-15(4)22-23-21(24)14(18)3/h6-10,19,25H,5,11-12H2,1-4H3. The molecule has 0 saturated carbocycles. The van der Waals surface area contributed by atoms with Crippen LogP contribution in [0.3, 0.4) is 0 Å². The van der Waals surface area contributed by atoms with E-state index in [0.29, 0.717) is 6.61 Å². The quantitative estimate of drug-likeness (QED) is 0.677. The van der Waals surface area contributed by atoms with Crippen LogP contribution in [0.5, 0.6) is 0 Å². The molecular formula is C21H25N3O3. The van der Waals surface area contributed by atoms with E-state index in [9.17, 15) is 9.90 Å². The highest BCUT2D eigenvalue weighted by Crippen LogP contribution is 2.33. The molecule has 1 aromatic carbocycles. The molecule has 0 aliphatic heterocycles. The van der Waals surface area contributed by atoms with Gasteiger partial charge in [-0.15, -0.1) is 10.2 Å². The van der Waals surface area contributed by atoms with E-state index in [0.717, 1.165) is 39.3 Å². The monoisotopic (exact) mass is 367 g/mol. The molecule has 0 aliphatic carbocycles. The average Bonchev–Trinajstić information content (AvgIpc) is 3.03. The maximum atomic E-state index is 12.3. The van der Waals surface area contributed by atoms with Crippen molar-refractivity contribution in [2.24, 2.45) is 0 Å². The number of nitrogens with zero attached hydrogens (tertiary/aromatic N) is 3. The zero-order chi connectivity index (χ0) is 19.6. The van der Waals surface area contributed by atoms with Gasteiger partial charge in [0.15, 0.2) is 5.65 Å². The van der Waals surface area contributed by atoms with Crippen molar-refractivity contribution in [1.82, 2.24) is 14.6 Å². The lowest BCUT2D eigenvalue weighted by atomic mass is 9.85. The fourth-order valence-corrected chi connectivity index (χ4v) is 3.46. The van der Waals surface area contributed by atoms with Gasteiger partial charge >= 0.3 is 5.97 Å². The fraction of sp³-hybridized carbons (Fsp3) is 0.381. The van der Waals surface area contributed by atoms with E-state index in [-0.39, 0.29) is 24.9 Å². The number of aliphatic hydroxyl groups excluding tert-OH is 1. The van der Waals surface area contributed by atoms with E-state index in [4.69, 9.17) is 4.74 Å². The van der Waals surface area contributed by atoms with Gasteiger partial charge in [-0.3, -0.25) is 9.20 Å². The first-order valence-electron chi connectivity index (χ1n) is 9.13. The number of carbonyl (C=O) groups is 1. The second-order valence-electron chi connectivity index (χ2n) is 6.74. The van der Waals surface area contributed by atoms with Crippen molar-refractivity contribution in [1.29, 1.82) is 0 Å². The summed E-state index contributed by atoms with van der Waals surface area (Å²) in [7, 11) is 0. The van der Waals surface area contributed by atoms with Crippen LogP contribution in [0.4, 0.5) is 0 Å². The Morgan fingerprint density at radius 1 is 1.22 bits per heavy atom. The van der Waals surface area contributed by atoms with Crippen LogP contribution in [0.25, 0.3) is 5.65 Å². The average molecular weight is 367 g/mol. The smallest absolute Gasteiger partial charge is 0.306 e. The number of rotatable bonds is 6. The number of esters is 1. The third-order valence-electron chi connectivity index (χ3n) is 5.04. The number of aliphatic hydroxyl groups is 1. The Morgan fingerprint density at radius 3 is 2.70 bits per heavy atom. The molecule has 1 N–H and O–H groups in total. The van der Waals surface area contributed by atoms with Gasteiger partial charge in [-0.25, -0.2) is 0 Å². The largest absolute Gasteiger partial charge is 0.466 e. The maximum Gasteiger partial charge on any atom is 0.306 e. The summed E-state index contributed by atoms with van der Waals surface area (Å²) < 4.78 is 7.14. The van der Waals surface area contributed by atoms with Gasteiger partial charge in [-0.2, -0.15) is 0 Å². The van der Waals surface area contributed by atoms with Gasteiger partial charge in [-0.05, 0) is 61.6 Å². The van der Waals surface area contributed by atoms with Gasteiger partial charge in [0.1, 0.15) is 5.82 Å². The van der Waals surface area contributed by atoms with E-state index in [1.165, 1.54) is 0 Å². The van der Waals surface area contributed by atoms with Crippen LogP contribution in [-0.2, 0) is 16.1 Å². The summed E-state index contributed by atoms with van der Waals surface area (Å²) in [5.74, 6) is 0.391. The van der Waals surface area contributed by atoms with E-state index in [1.807, 2.05) is 55.6 Å². The van der Waals surface area contributed by atoms with E-state index in [1.54, 1.807) is 6.92 Å². The molecule has 0 saturated heterocycles. The summed E-state index contributed by atoms with van der Waals surface area (Å²) in [6.45, 7) is 7.99. The molecule has 3 rings (SSSR count). The number of fused-ring (bicyclic) bond motifs is 1. The number of hydrogen-bond donors (Lipinski definition) is 1. The summed E-state index contributed by atoms with van der Waals surface area (Å²) in [5.41, 5.74) is 5.64. The molecule has 2 heterocycles. The molecule has 0 aliphatic rings. The van der Waals surface area contributed by atoms with Crippen LogP contribution < -0.4 is 0 Å². The highest BCUT2D eigenvalue weighted by Gasteiger charge is 2.23. The van der Waals surface area contributed by atoms with Crippen LogP contribution in [-0.4, -0.2) is 32.3 Å². The molecule has 27 heavy (non-hydrogen) atoms. The Morgan fingerprint density at radius 2 is 2.00 bits per heavy atom. The Balaban J connectivity index is 2.12. The van der Waals surface area contributed by atoms with Crippen molar-refractivity contribution in [3.8, 4) is 0 Å². The first kappa shape index (κ1) is 19.0. The molecule has 6 nitrogen and oxygen atoms in total. The Labute approximate surface area is 158 Å². The molecule has 3 aromatic rings. The van der Waals surface area contributed by atoms with Crippen molar-refractivity contribution in [2.75, 3.05) is 6.61 Å². The molecular weight excluding hydrogens is 342 g/mol. The van der Waals surface area contributed by atoms with Crippen LogP contribution >= 0.6 is 0 Å². The van der Waals surface area contributed by atoms with Crippen molar-refractivity contribution in [2.45, 2.75) is 46.6 Å². The number of hydrogen-bond acceptors (Lipinski definition) is 5. The highest BCUT2D eigenvalue weighted by atomic mass is 16.5. The lowest BCUT2D eigenvalue weighted by molar-refractivity contribution is -0.143. The molecule has 2 aromatic heterocycles.